The van der Waals surface area contributed by atoms with Crippen LogP contribution in [-0.2, 0) is 6.42 Å². The van der Waals surface area contributed by atoms with Gasteiger partial charge in [0.25, 0.3) is 0 Å². The lowest BCUT2D eigenvalue weighted by molar-refractivity contribution is 0.372. The minimum Gasteiger partial charge on any atom is -0.357 e. The number of hydrogen-bond donors (Lipinski definition) is 2. The van der Waals surface area contributed by atoms with Gasteiger partial charge in [-0.25, -0.2) is 0 Å². The highest BCUT2D eigenvalue weighted by atomic mass is 127. The number of halogens is 1. The monoisotopic (exact) mass is 507 g/mol. The Hall–Kier alpha value is -2.16. The third-order valence-electron chi connectivity index (χ3n) is 4.58. The molecule has 6 nitrogen and oxygen atoms in total. The van der Waals surface area contributed by atoms with E-state index in [1.807, 2.05) is 0 Å². The predicted octanol–water partition coefficient (Wildman–Crippen LogP) is 4.82. The summed E-state index contributed by atoms with van der Waals surface area (Å²) in [6, 6.07) is 15.0. The first-order valence-corrected chi connectivity index (χ1v) is 9.93. The van der Waals surface area contributed by atoms with Gasteiger partial charge in [0.05, 0.1) is 12.6 Å². The Bertz CT molecular complexity index is 932. The lowest BCUT2D eigenvalue weighted by Gasteiger charge is -2.19. The number of benzene rings is 2. The SMILES string of the molecule is CCNC(=NCCc1nc(C(C)C)no1)NC(C)c1cccc2ccccc12.I. The molecule has 0 amide bonds. The number of aromatic nitrogens is 2. The Morgan fingerprint density at radius 1 is 1.10 bits per heavy atom. The second kappa shape index (κ2) is 11.1. The average molecular weight is 507 g/mol. The van der Waals surface area contributed by atoms with Crippen LogP contribution in [0.5, 0.6) is 0 Å². The average Bonchev–Trinajstić information content (AvgIpc) is 3.17. The van der Waals surface area contributed by atoms with Crippen LogP contribution >= 0.6 is 24.0 Å². The molecule has 0 saturated carbocycles. The first-order valence-electron chi connectivity index (χ1n) is 9.93. The molecule has 0 spiro atoms. The summed E-state index contributed by atoms with van der Waals surface area (Å²) in [4.78, 5) is 9.08. The lowest BCUT2D eigenvalue weighted by atomic mass is 10.00. The number of hydrogen-bond acceptors (Lipinski definition) is 4. The van der Waals surface area contributed by atoms with Crippen LogP contribution in [0.15, 0.2) is 52.0 Å². The van der Waals surface area contributed by atoms with Crippen molar-refractivity contribution in [3.8, 4) is 0 Å². The Labute approximate surface area is 189 Å². The van der Waals surface area contributed by atoms with Crippen LogP contribution in [0.1, 0.15) is 56.9 Å². The molecule has 0 aliphatic rings. The summed E-state index contributed by atoms with van der Waals surface area (Å²) in [5, 5.41) is 13.3. The highest BCUT2D eigenvalue weighted by Gasteiger charge is 2.12. The van der Waals surface area contributed by atoms with Gasteiger partial charge in [-0.15, -0.1) is 24.0 Å². The Kier molecular flexibility index (Phi) is 8.88. The van der Waals surface area contributed by atoms with Gasteiger partial charge in [-0.3, -0.25) is 4.99 Å². The van der Waals surface area contributed by atoms with Gasteiger partial charge < -0.3 is 15.2 Å². The van der Waals surface area contributed by atoms with E-state index < -0.39 is 0 Å². The molecule has 156 valence electrons. The largest absolute Gasteiger partial charge is 0.357 e. The van der Waals surface area contributed by atoms with Gasteiger partial charge >= 0.3 is 0 Å². The van der Waals surface area contributed by atoms with Gasteiger partial charge in [0, 0.05) is 18.9 Å². The van der Waals surface area contributed by atoms with Crippen molar-refractivity contribution < 1.29 is 4.52 Å². The zero-order valence-corrected chi connectivity index (χ0v) is 19.8. The minimum atomic E-state index is 0. The summed E-state index contributed by atoms with van der Waals surface area (Å²) in [5.41, 5.74) is 1.25. The summed E-state index contributed by atoms with van der Waals surface area (Å²) in [7, 11) is 0. The number of nitrogens with zero attached hydrogens (tertiary/aromatic N) is 3. The van der Waals surface area contributed by atoms with Crippen molar-refractivity contribution in [1.82, 2.24) is 20.8 Å². The van der Waals surface area contributed by atoms with E-state index >= 15 is 0 Å². The van der Waals surface area contributed by atoms with Crippen LogP contribution in [-0.4, -0.2) is 29.2 Å². The molecular formula is C22H30IN5O. The molecule has 0 radical (unpaired) electrons. The standard InChI is InChI=1S/C22H29N5O.HI/c1-5-23-22(24-14-13-20-26-21(15(2)3)27-28-20)25-16(4)18-12-8-10-17-9-6-7-11-19(17)18;/h6-12,15-16H,5,13-14H2,1-4H3,(H2,23,24,25);1H. The fourth-order valence-corrected chi connectivity index (χ4v) is 3.10. The zero-order chi connectivity index (χ0) is 19.9. The van der Waals surface area contributed by atoms with Gasteiger partial charge in [-0.2, -0.15) is 4.98 Å². The van der Waals surface area contributed by atoms with E-state index in [2.05, 4.69) is 95.9 Å². The van der Waals surface area contributed by atoms with Crippen molar-refractivity contribution in [3.63, 3.8) is 0 Å². The maximum atomic E-state index is 5.30. The lowest BCUT2D eigenvalue weighted by Crippen LogP contribution is -2.39. The summed E-state index contributed by atoms with van der Waals surface area (Å²) in [6.07, 6.45) is 0.624. The van der Waals surface area contributed by atoms with Gasteiger partial charge in [-0.05, 0) is 30.2 Å². The van der Waals surface area contributed by atoms with Gasteiger partial charge in [-0.1, -0.05) is 61.5 Å². The molecule has 0 aliphatic heterocycles. The molecule has 29 heavy (non-hydrogen) atoms. The van der Waals surface area contributed by atoms with Crippen LogP contribution in [0, 0.1) is 0 Å². The normalized spacial score (nSPS) is 12.7. The van der Waals surface area contributed by atoms with Crippen LogP contribution in [0.4, 0.5) is 0 Å². The zero-order valence-electron chi connectivity index (χ0n) is 17.5. The number of rotatable bonds is 7. The topological polar surface area (TPSA) is 75.3 Å². The number of nitrogens with one attached hydrogen (secondary N) is 2. The van der Waals surface area contributed by atoms with Crippen molar-refractivity contribution in [2.75, 3.05) is 13.1 Å². The van der Waals surface area contributed by atoms with Gasteiger partial charge in [0.15, 0.2) is 11.8 Å². The third-order valence-corrected chi connectivity index (χ3v) is 4.58. The molecule has 2 N–H and O–H groups in total. The third kappa shape index (κ3) is 6.16. The van der Waals surface area contributed by atoms with E-state index in [-0.39, 0.29) is 35.9 Å². The second-order valence-corrected chi connectivity index (χ2v) is 7.15. The fourth-order valence-electron chi connectivity index (χ4n) is 3.10. The molecule has 1 unspecified atom stereocenters. The first-order chi connectivity index (χ1) is 13.6. The molecule has 0 fully saturated rings. The minimum absolute atomic E-state index is 0. The molecule has 0 bridgehead atoms. The predicted molar refractivity (Wildman–Crippen MR) is 129 cm³/mol. The maximum absolute atomic E-state index is 5.30. The van der Waals surface area contributed by atoms with E-state index in [1.54, 1.807) is 0 Å². The van der Waals surface area contributed by atoms with Crippen LogP contribution in [0.2, 0.25) is 0 Å². The number of guanidine groups is 1. The number of aliphatic imine (C=N–C) groups is 1. The highest BCUT2D eigenvalue weighted by Crippen LogP contribution is 2.23. The first kappa shape index (κ1) is 23.1. The Morgan fingerprint density at radius 3 is 2.59 bits per heavy atom. The van der Waals surface area contributed by atoms with E-state index in [4.69, 9.17) is 4.52 Å². The molecular weight excluding hydrogens is 477 g/mol. The fraction of sp³-hybridized carbons (Fsp3) is 0.409. The van der Waals surface area contributed by atoms with Crippen molar-refractivity contribution in [1.29, 1.82) is 0 Å². The molecule has 0 saturated heterocycles. The van der Waals surface area contributed by atoms with Gasteiger partial charge in [0.2, 0.25) is 5.89 Å². The van der Waals surface area contributed by atoms with Crippen molar-refractivity contribution >= 4 is 40.7 Å². The van der Waals surface area contributed by atoms with Crippen LogP contribution in [0.25, 0.3) is 10.8 Å². The summed E-state index contributed by atoms with van der Waals surface area (Å²) in [6.45, 7) is 9.70. The summed E-state index contributed by atoms with van der Waals surface area (Å²) < 4.78 is 5.30. The molecule has 1 heterocycles. The van der Waals surface area contributed by atoms with Gasteiger partial charge in [0.1, 0.15) is 0 Å². The summed E-state index contributed by atoms with van der Waals surface area (Å²) >= 11 is 0. The van der Waals surface area contributed by atoms with E-state index in [1.165, 1.54) is 16.3 Å². The Balaban J connectivity index is 0.00000300. The smallest absolute Gasteiger partial charge is 0.228 e. The molecule has 1 atom stereocenters. The molecule has 0 aliphatic carbocycles. The molecule has 2 aromatic carbocycles. The van der Waals surface area contributed by atoms with Crippen LogP contribution in [0.3, 0.4) is 0 Å². The molecule has 3 aromatic rings. The maximum Gasteiger partial charge on any atom is 0.228 e. The van der Waals surface area contributed by atoms with Crippen molar-refractivity contribution in [2.45, 2.75) is 46.1 Å². The van der Waals surface area contributed by atoms with E-state index in [0.29, 0.717) is 18.9 Å². The highest BCUT2D eigenvalue weighted by molar-refractivity contribution is 14.0. The van der Waals surface area contributed by atoms with E-state index in [0.717, 1.165) is 18.3 Å². The Morgan fingerprint density at radius 2 is 1.86 bits per heavy atom. The number of fused-ring (bicyclic) bond motifs is 1. The van der Waals surface area contributed by atoms with E-state index in [9.17, 15) is 0 Å². The molecule has 7 heteroatoms. The second-order valence-electron chi connectivity index (χ2n) is 7.15. The quantitative estimate of drug-likeness (QED) is 0.273. The van der Waals surface area contributed by atoms with Crippen molar-refractivity contribution in [2.24, 2.45) is 4.99 Å². The molecule has 1 aromatic heterocycles. The molecule has 3 rings (SSSR count). The van der Waals surface area contributed by atoms with Crippen molar-refractivity contribution in [3.05, 3.63) is 59.7 Å². The van der Waals surface area contributed by atoms with Crippen LogP contribution < -0.4 is 10.6 Å². The summed E-state index contributed by atoms with van der Waals surface area (Å²) in [5.74, 6) is 2.42.